The molecule has 1 aromatic rings. The lowest BCUT2D eigenvalue weighted by molar-refractivity contribution is -0.126. The van der Waals surface area contributed by atoms with E-state index in [9.17, 15) is 9.59 Å². The maximum atomic E-state index is 11.9. The zero-order valence-corrected chi connectivity index (χ0v) is 17.4. The molecule has 168 valence electrons. The number of carbonyl (C=O) groups excluding carboxylic acids is 2. The molecule has 0 aromatic heterocycles. The van der Waals surface area contributed by atoms with Crippen molar-refractivity contribution in [2.24, 2.45) is 22.2 Å². The van der Waals surface area contributed by atoms with E-state index >= 15 is 0 Å². The molecule has 1 aromatic carbocycles. The van der Waals surface area contributed by atoms with Gasteiger partial charge < -0.3 is 38.3 Å². The standard InChI is InChI=1S/C20H35N7O3/c21-17(28)10-13-24-11-1-2-12-25-19(30)14-26-18(29)5-3-4-15-6-8-16(9-7-15)27-20(22)23/h6-9,17,24,28H,1-5,10-14,21H2,(H,25,30)(H,26,29)(H4,22,23,27). The Bertz CT molecular complexity index is 659. The molecule has 10 heteroatoms. The molecule has 2 amide bonds. The summed E-state index contributed by atoms with van der Waals surface area (Å²) in [5.74, 6) is -0.327. The number of unbranched alkanes of at least 4 members (excludes halogenated alkanes) is 1. The van der Waals surface area contributed by atoms with Gasteiger partial charge in [-0.1, -0.05) is 12.1 Å². The molecule has 0 aliphatic rings. The average molecular weight is 422 g/mol. The molecule has 10 N–H and O–H groups in total. The third kappa shape index (κ3) is 13.5. The fourth-order valence-corrected chi connectivity index (χ4v) is 2.65. The van der Waals surface area contributed by atoms with Crippen LogP contribution in [-0.2, 0) is 16.0 Å². The summed E-state index contributed by atoms with van der Waals surface area (Å²) >= 11 is 0. The number of nitrogens with zero attached hydrogens (tertiary/aromatic N) is 1. The molecule has 10 nitrogen and oxygen atoms in total. The molecule has 0 aliphatic carbocycles. The first-order valence-corrected chi connectivity index (χ1v) is 10.2. The predicted molar refractivity (Wildman–Crippen MR) is 118 cm³/mol. The summed E-state index contributed by atoms with van der Waals surface area (Å²) in [6.07, 6.45) is 3.26. The Morgan fingerprint density at radius 3 is 2.33 bits per heavy atom. The quantitative estimate of drug-likeness (QED) is 0.0836. The summed E-state index contributed by atoms with van der Waals surface area (Å²) < 4.78 is 0. The van der Waals surface area contributed by atoms with Crippen molar-refractivity contribution >= 4 is 23.5 Å². The monoisotopic (exact) mass is 421 g/mol. The third-order valence-corrected chi connectivity index (χ3v) is 4.23. The summed E-state index contributed by atoms with van der Waals surface area (Å²) in [7, 11) is 0. The minimum atomic E-state index is -0.782. The summed E-state index contributed by atoms with van der Waals surface area (Å²) in [6, 6.07) is 7.48. The van der Waals surface area contributed by atoms with Gasteiger partial charge in [0.15, 0.2) is 5.96 Å². The number of guanidine groups is 1. The number of aryl methyl sites for hydroxylation is 1. The van der Waals surface area contributed by atoms with Crippen molar-refractivity contribution in [3.8, 4) is 0 Å². The Labute approximate surface area is 177 Å². The Hall–Kier alpha value is -2.69. The molecule has 0 spiro atoms. The van der Waals surface area contributed by atoms with Gasteiger partial charge in [0.1, 0.15) is 6.23 Å². The van der Waals surface area contributed by atoms with Crippen LogP contribution in [0, 0.1) is 0 Å². The second-order valence-electron chi connectivity index (χ2n) is 7.00. The second kappa shape index (κ2) is 15.2. The zero-order valence-electron chi connectivity index (χ0n) is 17.4. The summed E-state index contributed by atoms with van der Waals surface area (Å²) in [5, 5.41) is 17.5. The lowest BCUT2D eigenvalue weighted by Crippen LogP contribution is -2.37. The average Bonchev–Trinajstić information content (AvgIpc) is 2.69. The minimum absolute atomic E-state index is 0.0142. The van der Waals surface area contributed by atoms with Gasteiger partial charge in [-0.25, -0.2) is 4.99 Å². The maximum absolute atomic E-state index is 11.9. The van der Waals surface area contributed by atoms with Gasteiger partial charge in [-0.3, -0.25) is 9.59 Å². The zero-order chi connectivity index (χ0) is 22.2. The molecule has 0 saturated carbocycles. The molecule has 0 saturated heterocycles. The van der Waals surface area contributed by atoms with Gasteiger partial charge >= 0.3 is 0 Å². The fourth-order valence-electron chi connectivity index (χ4n) is 2.65. The molecule has 0 heterocycles. The molecule has 1 unspecified atom stereocenters. The third-order valence-electron chi connectivity index (χ3n) is 4.23. The summed E-state index contributed by atoms with van der Waals surface area (Å²) in [5.41, 5.74) is 17.7. The molecule has 0 bridgehead atoms. The van der Waals surface area contributed by atoms with Crippen LogP contribution in [0.1, 0.15) is 37.7 Å². The smallest absolute Gasteiger partial charge is 0.239 e. The molecule has 1 atom stereocenters. The largest absolute Gasteiger partial charge is 0.379 e. The van der Waals surface area contributed by atoms with Crippen LogP contribution < -0.4 is 33.2 Å². The number of rotatable bonds is 15. The second-order valence-corrected chi connectivity index (χ2v) is 7.00. The first-order chi connectivity index (χ1) is 14.4. The lowest BCUT2D eigenvalue weighted by Gasteiger charge is -2.08. The topological polar surface area (TPSA) is 181 Å². The van der Waals surface area contributed by atoms with Gasteiger partial charge in [0.2, 0.25) is 11.8 Å². The molecule has 0 radical (unpaired) electrons. The molecule has 0 aliphatic heterocycles. The molecular weight excluding hydrogens is 386 g/mol. The van der Waals surface area contributed by atoms with E-state index in [0.29, 0.717) is 38.0 Å². The van der Waals surface area contributed by atoms with Crippen molar-refractivity contribution in [3.63, 3.8) is 0 Å². The molecule has 1 rings (SSSR count). The Kier molecular flexibility index (Phi) is 12.8. The first kappa shape index (κ1) is 25.3. The van der Waals surface area contributed by atoms with E-state index < -0.39 is 6.23 Å². The van der Waals surface area contributed by atoms with Crippen LogP contribution in [0.15, 0.2) is 29.3 Å². The molecular formula is C20H35N7O3. The summed E-state index contributed by atoms with van der Waals surface area (Å²) in [4.78, 5) is 27.6. The van der Waals surface area contributed by atoms with E-state index in [0.717, 1.165) is 31.4 Å². The number of carbonyl (C=O) groups is 2. The van der Waals surface area contributed by atoms with Crippen molar-refractivity contribution in [3.05, 3.63) is 29.8 Å². The van der Waals surface area contributed by atoms with Crippen molar-refractivity contribution < 1.29 is 14.7 Å². The highest BCUT2D eigenvalue weighted by Gasteiger charge is 2.05. The van der Waals surface area contributed by atoms with E-state index in [1.165, 1.54) is 0 Å². The van der Waals surface area contributed by atoms with Crippen LogP contribution in [0.2, 0.25) is 0 Å². The Morgan fingerprint density at radius 2 is 1.67 bits per heavy atom. The number of hydrogen-bond acceptors (Lipinski definition) is 6. The number of nitrogens with two attached hydrogens (primary N) is 3. The SMILES string of the molecule is NC(N)=Nc1ccc(CCCC(=O)NCC(=O)NCCCCNCCC(N)O)cc1. The van der Waals surface area contributed by atoms with Gasteiger partial charge in [0.25, 0.3) is 0 Å². The minimum Gasteiger partial charge on any atom is -0.379 e. The Morgan fingerprint density at radius 1 is 0.967 bits per heavy atom. The van der Waals surface area contributed by atoms with Crippen LogP contribution >= 0.6 is 0 Å². The van der Waals surface area contributed by atoms with E-state index in [1.54, 1.807) is 0 Å². The van der Waals surface area contributed by atoms with Gasteiger partial charge in [0, 0.05) is 13.0 Å². The van der Waals surface area contributed by atoms with E-state index in [1.807, 2.05) is 24.3 Å². The van der Waals surface area contributed by atoms with Gasteiger partial charge in [-0.15, -0.1) is 0 Å². The van der Waals surface area contributed by atoms with Crippen LogP contribution in [0.3, 0.4) is 0 Å². The number of aliphatic hydroxyl groups excluding tert-OH is 1. The van der Waals surface area contributed by atoms with E-state index in [4.69, 9.17) is 22.3 Å². The summed E-state index contributed by atoms with van der Waals surface area (Å²) in [6.45, 7) is 2.01. The van der Waals surface area contributed by atoms with Crippen LogP contribution in [-0.4, -0.2) is 55.3 Å². The highest BCUT2D eigenvalue weighted by molar-refractivity contribution is 5.84. The van der Waals surface area contributed by atoms with Crippen molar-refractivity contribution in [2.45, 2.75) is 44.8 Å². The number of benzene rings is 1. The van der Waals surface area contributed by atoms with E-state index in [2.05, 4.69) is 20.9 Å². The number of amides is 2. The van der Waals surface area contributed by atoms with Crippen molar-refractivity contribution in [1.29, 1.82) is 0 Å². The van der Waals surface area contributed by atoms with Crippen LogP contribution in [0.5, 0.6) is 0 Å². The molecule has 30 heavy (non-hydrogen) atoms. The number of aliphatic imine (C=N–C) groups is 1. The predicted octanol–water partition coefficient (Wildman–Crippen LogP) is -0.816. The van der Waals surface area contributed by atoms with Crippen LogP contribution in [0.4, 0.5) is 5.69 Å². The van der Waals surface area contributed by atoms with Gasteiger partial charge in [-0.05, 0) is 62.9 Å². The molecule has 0 fully saturated rings. The number of aliphatic hydroxyl groups is 1. The number of hydrogen-bond donors (Lipinski definition) is 7. The maximum Gasteiger partial charge on any atom is 0.239 e. The number of nitrogens with one attached hydrogen (secondary N) is 3. The van der Waals surface area contributed by atoms with Crippen LogP contribution in [0.25, 0.3) is 0 Å². The Balaban J connectivity index is 2.04. The van der Waals surface area contributed by atoms with Gasteiger partial charge in [0.05, 0.1) is 12.2 Å². The highest BCUT2D eigenvalue weighted by Crippen LogP contribution is 2.14. The lowest BCUT2D eigenvalue weighted by atomic mass is 10.1. The highest BCUT2D eigenvalue weighted by atomic mass is 16.3. The van der Waals surface area contributed by atoms with Gasteiger partial charge in [-0.2, -0.15) is 0 Å². The first-order valence-electron chi connectivity index (χ1n) is 10.2. The fraction of sp³-hybridized carbons (Fsp3) is 0.550. The van der Waals surface area contributed by atoms with E-state index in [-0.39, 0.29) is 24.3 Å². The van der Waals surface area contributed by atoms with Crippen molar-refractivity contribution in [1.82, 2.24) is 16.0 Å². The van der Waals surface area contributed by atoms with Crippen molar-refractivity contribution in [2.75, 3.05) is 26.2 Å². The normalized spacial score (nSPS) is 11.5.